The van der Waals surface area contributed by atoms with Crippen LogP contribution in [0.2, 0.25) is 0 Å². The van der Waals surface area contributed by atoms with Gasteiger partial charge in [-0.05, 0) is 64.2 Å². The van der Waals surface area contributed by atoms with Gasteiger partial charge < -0.3 is 20.1 Å². The first-order valence-electron chi connectivity index (χ1n) is 8.80. The van der Waals surface area contributed by atoms with Gasteiger partial charge in [-0.25, -0.2) is 4.79 Å². The van der Waals surface area contributed by atoms with E-state index in [0.29, 0.717) is 25.2 Å². The van der Waals surface area contributed by atoms with Crippen LogP contribution in [0.25, 0.3) is 0 Å². The molecule has 2 amide bonds. The number of piperidine rings is 1. The molecule has 1 fully saturated rings. The second-order valence-electron chi connectivity index (χ2n) is 7.37. The summed E-state index contributed by atoms with van der Waals surface area (Å²) in [6.07, 6.45) is 1.22. The maximum atomic E-state index is 12.1. The fourth-order valence-electron chi connectivity index (χ4n) is 2.99. The fraction of sp³-hybridized carbons (Fsp3) is 0.579. The van der Waals surface area contributed by atoms with Crippen molar-refractivity contribution in [3.63, 3.8) is 0 Å². The molecule has 0 radical (unpaired) electrons. The molecule has 25 heavy (non-hydrogen) atoms. The number of aromatic hydroxyl groups is 1. The van der Waals surface area contributed by atoms with Gasteiger partial charge >= 0.3 is 6.09 Å². The Hall–Kier alpha value is -2.24. The Labute approximate surface area is 149 Å². The zero-order valence-corrected chi connectivity index (χ0v) is 15.5. The average molecular weight is 348 g/mol. The monoisotopic (exact) mass is 348 g/mol. The van der Waals surface area contributed by atoms with Gasteiger partial charge in [0, 0.05) is 25.2 Å². The zero-order chi connectivity index (χ0) is 18.6. The van der Waals surface area contributed by atoms with E-state index in [1.807, 2.05) is 33.8 Å². The van der Waals surface area contributed by atoms with Gasteiger partial charge in [0.1, 0.15) is 11.4 Å². The van der Waals surface area contributed by atoms with Crippen molar-refractivity contribution >= 4 is 12.0 Å². The summed E-state index contributed by atoms with van der Waals surface area (Å²) in [6.45, 7) is 9.15. The summed E-state index contributed by atoms with van der Waals surface area (Å²) in [6, 6.07) is 5.06. The van der Waals surface area contributed by atoms with E-state index < -0.39 is 5.60 Å². The second kappa shape index (κ2) is 7.76. The molecular formula is C19H28N2O4. The molecule has 0 aliphatic carbocycles. The molecule has 0 spiro atoms. The third kappa shape index (κ3) is 5.11. The van der Waals surface area contributed by atoms with Crippen molar-refractivity contribution < 1.29 is 19.4 Å². The van der Waals surface area contributed by atoms with E-state index in [-0.39, 0.29) is 23.7 Å². The number of likely N-dealkylation sites (tertiary alicyclic amines) is 1. The van der Waals surface area contributed by atoms with Gasteiger partial charge in [-0.3, -0.25) is 4.79 Å². The topological polar surface area (TPSA) is 78.9 Å². The van der Waals surface area contributed by atoms with Crippen LogP contribution in [0, 0.1) is 0 Å². The Morgan fingerprint density at radius 3 is 2.44 bits per heavy atom. The van der Waals surface area contributed by atoms with Crippen LogP contribution in [-0.2, 0) is 4.74 Å². The Bertz CT molecular complexity index is 629. The second-order valence-corrected chi connectivity index (χ2v) is 7.37. The van der Waals surface area contributed by atoms with Crippen LogP contribution in [0.5, 0.6) is 5.75 Å². The van der Waals surface area contributed by atoms with E-state index in [2.05, 4.69) is 5.32 Å². The highest BCUT2D eigenvalue weighted by atomic mass is 16.6. The van der Waals surface area contributed by atoms with E-state index in [4.69, 9.17) is 4.74 Å². The minimum Gasteiger partial charge on any atom is -0.508 e. The number of hydrogen-bond acceptors (Lipinski definition) is 4. The highest BCUT2D eigenvalue weighted by Gasteiger charge is 2.28. The lowest BCUT2D eigenvalue weighted by atomic mass is 9.88. The molecule has 1 aliphatic heterocycles. The normalized spacial score (nSPS) is 15.8. The standard InChI is InChI=1S/C19H28N2O4/c1-5-20-17(23)14-6-7-15(16(22)12-14)13-8-10-21(11-9-13)18(24)25-19(2,3)4/h6-7,12-13,22H,5,8-11H2,1-4H3,(H,20,23). The number of benzene rings is 1. The van der Waals surface area contributed by atoms with Gasteiger partial charge in [0.25, 0.3) is 5.91 Å². The van der Waals surface area contributed by atoms with Crippen molar-refractivity contribution in [1.82, 2.24) is 10.2 Å². The van der Waals surface area contributed by atoms with Gasteiger partial charge in [-0.1, -0.05) is 6.07 Å². The van der Waals surface area contributed by atoms with Gasteiger partial charge in [-0.15, -0.1) is 0 Å². The molecule has 1 aromatic carbocycles. The highest BCUT2D eigenvalue weighted by molar-refractivity contribution is 5.94. The van der Waals surface area contributed by atoms with Gasteiger partial charge in [0.05, 0.1) is 0 Å². The minimum atomic E-state index is -0.499. The summed E-state index contributed by atoms with van der Waals surface area (Å²) in [5.74, 6) is 0.116. The van der Waals surface area contributed by atoms with Crippen LogP contribution < -0.4 is 5.32 Å². The van der Waals surface area contributed by atoms with Crippen LogP contribution in [-0.4, -0.2) is 47.2 Å². The Morgan fingerprint density at radius 1 is 1.28 bits per heavy atom. The molecule has 0 unspecified atom stereocenters. The maximum absolute atomic E-state index is 12.1. The van der Waals surface area contributed by atoms with E-state index in [9.17, 15) is 14.7 Å². The zero-order valence-electron chi connectivity index (χ0n) is 15.5. The van der Waals surface area contributed by atoms with Crippen molar-refractivity contribution in [2.45, 2.75) is 52.1 Å². The van der Waals surface area contributed by atoms with Crippen molar-refractivity contribution in [3.05, 3.63) is 29.3 Å². The number of nitrogens with one attached hydrogen (secondary N) is 1. The molecule has 1 aliphatic rings. The number of carbonyl (C=O) groups is 2. The summed E-state index contributed by atoms with van der Waals surface area (Å²) in [5.41, 5.74) is 0.785. The van der Waals surface area contributed by atoms with Gasteiger partial charge in [0.15, 0.2) is 0 Å². The number of carbonyl (C=O) groups excluding carboxylic acids is 2. The number of amides is 2. The molecule has 0 atom stereocenters. The Morgan fingerprint density at radius 2 is 1.92 bits per heavy atom. The quantitative estimate of drug-likeness (QED) is 0.879. The molecule has 0 saturated carbocycles. The molecule has 1 aromatic rings. The smallest absolute Gasteiger partial charge is 0.410 e. The lowest BCUT2D eigenvalue weighted by molar-refractivity contribution is 0.0204. The number of ether oxygens (including phenoxy) is 1. The van der Waals surface area contributed by atoms with Crippen LogP contribution in [0.3, 0.4) is 0 Å². The van der Waals surface area contributed by atoms with Crippen molar-refractivity contribution in [3.8, 4) is 5.75 Å². The molecule has 1 saturated heterocycles. The third-order valence-electron chi connectivity index (χ3n) is 4.22. The summed E-state index contributed by atoms with van der Waals surface area (Å²) in [7, 11) is 0. The molecule has 138 valence electrons. The van der Waals surface area contributed by atoms with Crippen molar-refractivity contribution in [2.24, 2.45) is 0 Å². The number of phenols is 1. The predicted molar refractivity (Wildman–Crippen MR) is 95.9 cm³/mol. The highest BCUT2D eigenvalue weighted by Crippen LogP contribution is 2.34. The largest absolute Gasteiger partial charge is 0.508 e. The summed E-state index contributed by atoms with van der Waals surface area (Å²) in [4.78, 5) is 25.7. The number of nitrogens with zero attached hydrogens (tertiary/aromatic N) is 1. The lowest BCUT2D eigenvalue weighted by Crippen LogP contribution is -2.41. The molecule has 0 aromatic heterocycles. The molecule has 1 heterocycles. The molecule has 2 rings (SSSR count). The SMILES string of the molecule is CCNC(=O)c1ccc(C2CCN(C(=O)OC(C)(C)C)CC2)c(O)c1. The maximum Gasteiger partial charge on any atom is 0.410 e. The lowest BCUT2D eigenvalue weighted by Gasteiger charge is -2.33. The fourth-order valence-corrected chi connectivity index (χ4v) is 2.99. The third-order valence-corrected chi connectivity index (χ3v) is 4.22. The van der Waals surface area contributed by atoms with Gasteiger partial charge in [0.2, 0.25) is 0 Å². The van der Waals surface area contributed by atoms with E-state index in [1.165, 1.54) is 6.07 Å². The Balaban J connectivity index is 1.99. The van der Waals surface area contributed by atoms with E-state index >= 15 is 0 Å². The van der Waals surface area contributed by atoms with E-state index in [1.54, 1.807) is 11.0 Å². The summed E-state index contributed by atoms with van der Waals surface area (Å²) in [5, 5.41) is 13.0. The van der Waals surface area contributed by atoms with Crippen LogP contribution >= 0.6 is 0 Å². The van der Waals surface area contributed by atoms with Crippen molar-refractivity contribution in [1.29, 1.82) is 0 Å². The van der Waals surface area contributed by atoms with Gasteiger partial charge in [-0.2, -0.15) is 0 Å². The summed E-state index contributed by atoms with van der Waals surface area (Å²) >= 11 is 0. The van der Waals surface area contributed by atoms with E-state index in [0.717, 1.165) is 18.4 Å². The first-order chi connectivity index (χ1) is 11.7. The predicted octanol–water partition coefficient (Wildman–Crippen LogP) is 3.26. The Kier molecular flexibility index (Phi) is 5.93. The number of rotatable bonds is 3. The molecule has 6 heteroatoms. The minimum absolute atomic E-state index is 0.138. The van der Waals surface area contributed by atoms with Crippen LogP contribution in [0.1, 0.15) is 62.4 Å². The van der Waals surface area contributed by atoms with Crippen LogP contribution in [0.4, 0.5) is 4.79 Å². The van der Waals surface area contributed by atoms with Crippen LogP contribution in [0.15, 0.2) is 18.2 Å². The summed E-state index contributed by atoms with van der Waals surface area (Å²) < 4.78 is 5.40. The first kappa shape index (κ1) is 19.1. The average Bonchev–Trinajstić information content (AvgIpc) is 2.53. The first-order valence-corrected chi connectivity index (χ1v) is 8.80. The molecular weight excluding hydrogens is 320 g/mol. The number of phenolic OH excluding ortho intramolecular Hbond substituents is 1. The molecule has 6 nitrogen and oxygen atoms in total. The molecule has 2 N–H and O–H groups in total. The molecule has 0 bridgehead atoms. The number of hydrogen-bond donors (Lipinski definition) is 2. The van der Waals surface area contributed by atoms with Crippen molar-refractivity contribution in [2.75, 3.05) is 19.6 Å².